The Morgan fingerprint density at radius 1 is 1.07 bits per heavy atom. The number of aryl methyl sites for hydroxylation is 2. The second kappa shape index (κ2) is 6.86. The number of piperazine rings is 1. The van der Waals surface area contributed by atoms with Gasteiger partial charge in [0.25, 0.3) is 11.7 Å². The van der Waals surface area contributed by atoms with Gasteiger partial charge in [0, 0.05) is 37.6 Å². The lowest BCUT2D eigenvalue weighted by Gasteiger charge is -2.36. The maximum atomic E-state index is 12.8. The fourth-order valence-electron chi connectivity index (χ4n) is 3.44. The number of hydrogen-bond donors (Lipinski definition) is 0. The van der Waals surface area contributed by atoms with Crippen LogP contribution in [-0.2, 0) is 0 Å². The predicted octanol–water partition coefficient (Wildman–Crippen LogP) is 1.71. The van der Waals surface area contributed by atoms with E-state index >= 15 is 0 Å². The summed E-state index contributed by atoms with van der Waals surface area (Å²) in [6, 6.07) is 9.85. The molecule has 0 aliphatic carbocycles. The zero-order valence-corrected chi connectivity index (χ0v) is 15.7. The molecule has 1 saturated heterocycles. The highest BCUT2D eigenvalue weighted by Gasteiger charge is 2.26. The van der Waals surface area contributed by atoms with Gasteiger partial charge in [0.05, 0.1) is 12.8 Å². The first-order valence-electron chi connectivity index (χ1n) is 8.95. The molecule has 0 atom stereocenters. The number of rotatable bonds is 3. The van der Waals surface area contributed by atoms with Gasteiger partial charge in [0.1, 0.15) is 5.75 Å². The van der Waals surface area contributed by atoms with Crippen LogP contribution < -0.4 is 9.64 Å². The molecule has 3 aromatic rings. The molecular weight excluding hydrogens is 344 g/mol. The van der Waals surface area contributed by atoms with Gasteiger partial charge in [-0.05, 0) is 32.0 Å². The second-order valence-corrected chi connectivity index (χ2v) is 6.64. The van der Waals surface area contributed by atoms with Gasteiger partial charge in [-0.3, -0.25) is 4.79 Å². The fraction of sp³-hybridized carbons (Fsp3) is 0.368. The van der Waals surface area contributed by atoms with E-state index in [1.165, 1.54) is 0 Å². The standard InChI is InChI=1S/C19H22N6O2/c1-13-12-14(2)25-19(20-13)21-17(22-25)18(26)24-10-8-23(9-11-24)15-6-4-5-7-16(15)27-3/h4-7,12H,8-11H2,1-3H3. The summed E-state index contributed by atoms with van der Waals surface area (Å²) in [5.74, 6) is 1.35. The van der Waals surface area contributed by atoms with Crippen LogP contribution >= 0.6 is 0 Å². The third kappa shape index (κ3) is 3.18. The van der Waals surface area contributed by atoms with Crippen molar-refractivity contribution in [3.63, 3.8) is 0 Å². The highest BCUT2D eigenvalue weighted by Crippen LogP contribution is 2.28. The van der Waals surface area contributed by atoms with E-state index in [2.05, 4.69) is 20.0 Å². The number of carbonyl (C=O) groups is 1. The number of hydrogen-bond acceptors (Lipinski definition) is 6. The minimum absolute atomic E-state index is 0.155. The smallest absolute Gasteiger partial charge is 0.293 e. The van der Waals surface area contributed by atoms with Crippen molar-refractivity contribution in [2.75, 3.05) is 38.2 Å². The lowest BCUT2D eigenvalue weighted by Crippen LogP contribution is -2.49. The average molecular weight is 366 g/mol. The molecule has 8 nitrogen and oxygen atoms in total. The Bertz CT molecular complexity index is 991. The van der Waals surface area contributed by atoms with E-state index in [9.17, 15) is 4.79 Å². The molecule has 0 radical (unpaired) electrons. The molecule has 0 spiro atoms. The fourth-order valence-corrected chi connectivity index (χ4v) is 3.44. The normalized spacial score (nSPS) is 14.6. The first-order chi connectivity index (χ1) is 13.1. The van der Waals surface area contributed by atoms with Crippen LogP contribution in [0.2, 0.25) is 0 Å². The summed E-state index contributed by atoms with van der Waals surface area (Å²) >= 11 is 0. The van der Waals surface area contributed by atoms with Crippen molar-refractivity contribution < 1.29 is 9.53 Å². The summed E-state index contributed by atoms with van der Waals surface area (Å²) in [5, 5.41) is 4.35. The Hall–Kier alpha value is -3.16. The number of amides is 1. The average Bonchev–Trinajstić information content (AvgIpc) is 3.12. The highest BCUT2D eigenvalue weighted by atomic mass is 16.5. The Morgan fingerprint density at radius 2 is 1.81 bits per heavy atom. The summed E-state index contributed by atoms with van der Waals surface area (Å²) in [6.07, 6.45) is 0. The zero-order chi connectivity index (χ0) is 19.0. The molecular formula is C19H22N6O2. The predicted molar refractivity (Wildman–Crippen MR) is 101 cm³/mol. The number of para-hydroxylation sites is 2. The lowest BCUT2D eigenvalue weighted by molar-refractivity contribution is 0.0734. The van der Waals surface area contributed by atoms with Crippen LogP contribution in [0.1, 0.15) is 22.0 Å². The summed E-state index contributed by atoms with van der Waals surface area (Å²) in [6.45, 7) is 6.51. The number of carbonyl (C=O) groups excluding carboxylic acids is 1. The van der Waals surface area contributed by atoms with Crippen LogP contribution in [0.5, 0.6) is 5.75 Å². The second-order valence-electron chi connectivity index (χ2n) is 6.64. The third-order valence-corrected chi connectivity index (χ3v) is 4.80. The largest absolute Gasteiger partial charge is 0.495 e. The first-order valence-corrected chi connectivity index (χ1v) is 8.95. The summed E-state index contributed by atoms with van der Waals surface area (Å²) in [7, 11) is 1.67. The number of nitrogens with zero attached hydrogens (tertiary/aromatic N) is 6. The number of ether oxygens (including phenoxy) is 1. The molecule has 1 fully saturated rings. The SMILES string of the molecule is COc1ccccc1N1CCN(C(=O)c2nc3nc(C)cc(C)n3n2)CC1. The molecule has 1 aromatic carbocycles. The van der Waals surface area contributed by atoms with Gasteiger partial charge in [0.2, 0.25) is 5.82 Å². The summed E-state index contributed by atoms with van der Waals surface area (Å²) in [4.78, 5) is 25.6. The molecule has 0 unspecified atom stereocenters. The molecule has 0 saturated carbocycles. The Kier molecular flexibility index (Phi) is 4.39. The van der Waals surface area contributed by atoms with E-state index in [1.807, 2.05) is 44.2 Å². The number of aromatic nitrogens is 4. The van der Waals surface area contributed by atoms with Gasteiger partial charge in [-0.25, -0.2) is 9.50 Å². The number of anilines is 1. The Balaban J connectivity index is 1.50. The van der Waals surface area contributed by atoms with E-state index in [4.69, 9.17) is 4.74 Å². The van der Waals surface area contributed by atoms with E-state index in [-0.39, 0.29) is 11.7 Å². The van der Waals surface area contributed by atoms with Gasteiger partial charge in [0.15, 0.2) is 0 Å². The van der Waals surface area contributed by atoms with E-state index in [0.717, 1.165) is 35.9 Å². The first kappa shape index (κ1) is 17.3. The van der Waals surface area contributed by atoms with Crippen molar-refractivity contribution >= 4 is 17.4 Å². The van der Waals surface area contributed by atoms with Gasteiger partial charge in [-0.1, -0.05) is 12.1 Å². The molecule has 1 amide bonds. The molecule has 8 heteroatoms. The topological polar surface area (TPSA) is 75.9 Å². The third-order valence-electron chi connectivity index (χ3n) is 4.80. The van der Waals surface area contributed by atoms with Gasteiger partial charge in [-0.2, -0.15) is 4.98 Å². The summed E-state index contributed by atoms with van der Waals surface area (Å²) < 4.78 is 7.06. The van der Waals surface area contributed by atoms with Gasteiger partial charge < -0.3 is 14.5 Å². The molecule has 27 heavy (non-hydrogen) atoms. The molecule has 140 valence electrons. The van der Waals surface area contributed by atoms with E-state index < -0.39 is 0 Å². The maximum absolute atomic E-state index is 12.8. The van der Waals surface area contributed by atoms with Gasteiger partial charge in [-0.15, -0.1) is 5.10 Å². The van der Waals surface area contributed by atoms with E-state index in [0.29, 0.717) is 18.9 Å². The number of benzene rings is 1. The van der Waals surface area contributed by atoms with Crippen molar-refractivity contribution in [3.8, 4) is 5.75 Å². The minimum atomic E-state index is -0.155. The quantitative estimate of drug-likeness (QED) is 0.702. The zero-order valence-electron chi connectivity index (χ0n) is 15.7. The number of methoxy groups -OCH3 is 1. The van der Waals surface area contributed by atoms with Crippen LogP contribution in [0.25, 0.3) is 5.78 Å². The van der Waals surface area contributed by atoms with Crippen LogP contribution in [0.4, 0.5) is 5.69 Å². The molecule has 1 aliphatic heterocycles. The maximum Gasteiger partial charge on any atom is 0.293 e. The van der Waals surface area contributed by atoms with Crippen molar-refractivity contribution in [3.05, 3.63) is 47.5 Å². The Labute approximate surface area is 157 Å². The molecule has 0 N–H and O–H groups in total. The van der Waals surface area contributed by atoms with Crippen LogP contribution in [0.15, 0.2) is 30.3 Å². The molecule has 0 bridgehead atoms. The Morgan fingerprint density at radius 3 is 2.56 bits per heavy atom. The van der Waals surface area contributed by atoms with E-state index in [1.54, 1.807) is 16.5 Å². The van der Waals surface area contributed by atoms with Crippen molar-refractivity contribution in [2.45, 2.75) is 13.8 Å². The number of fused-ring (bicyclic) bond motifs is 1. The molecule has 2 aromatic heterocycles. The summed E-state index contributed by atoms with van der Waals surface area (Å²) in [5.41, 5.74) is 2.81. The highest BCUT2D eigenvalue weighted by molar-refractivity contribution is 5.91. The van der Waals surface area contributed by atoms with Crippen LogP contribution in [0, 0.1) is 13.8 Å². The molecule has 3 heterocycles. The van der Waals surface area contributed by atoms with Crippen LogP contribution in [0.3, 0.4) is 0 Å². The monoisotopic (exact) mass is 366 g/mol. The van der Waals surface area contributed by atoms with Crippen molar-refractivity contribution in [2.24, 2.45) is 0 Å². The van der Waals surface area contributed by atoms with Crippen molar-refractivity contribution in [1.82, 2.24) is 24.5 Å². The van der Waals surface area contributed by atoms with Crippen molar-refractivity contribution in [1.29, 1.82) is 0 Å². The molecule has 4 rings (SSSR count). The minimum Gasteiger partial charge on any atom is -0.495 e. The van der Waals surface area contributed by atoms with Gasteiger partial charge >= 0.3 is 0 Å². The molecule has 1 aliphatic rings. The lowest BCUT2D eigenvalue weighted by atomic mass is 10.2. The van der Waals surface area contributed by atoms with Crippen LogP contribution in [-0.4, -0.2) is 63.7 Å².